The molecule has 1 nitrogen and oxygen atoms in total. The summed E-state index contributed by atoms with van der Waals surface area (Å²) in [5, 5.41) is 0. The molecular weight excluding hydrogens is 242 g/mol. The highest BCUT2D eigenvalue weighted by atomic mass is 15.2. The normalized spacial score (nSPS) is 52.8. The molecule has 1 heteroatoms. The van der Waals surface area contributed by atoms with Crippen molar-refractivity contribution in [3.05, 3.63) is 0 Å². The summed E-state index contributed by atoms with van der Waals surface area (Å²) in [6.45, 7) is 5.00. The topological polar surface area (TPSA) is 3.24 Å². The zero-order chi connectivity index (χ0) is 13.7. The highest BCUT2D eigenvalue weighted by Crippen LogP contribution is 2.47. The van der Waals surface area contributed by atoms with Crippen molar-refractivity contribution in [2.24, 2.45) is 23.7 Å². The summed E-state index contributed by atoms with van der Waals surface area (Å²) < 4.78 is 0. The van der Waals surface area contributed by atoms with Gasteiger partial charge in [0.05, 0.1) is 0 Å². The van der Waals surface area contributed by atoms with Crippen molar-refractivity contribution in [2.45, 2.75) is 96.2 Å². The minimum absolute atomic E-state index is 0.957. The minimum atomic E-state index is 0.957. The molecule has 2 saturated carbocycles. The number of hydrogen-bond donors (Lipinski definition) is 0. The number of piperidine rings is 2. The van der Waals surface area contributed by atoms with Crippen LogP contribution < -0.4 is 0 Å². The standard InChI is InChI=1S/C19H33N/c1-13-6-15-10-16(7-13)12-19(11-15)20-17-4-3-5-18(20)9-14(2)8-17/h13-19H,3-12H2,1-2H3/t13-,14-,15-,16+,17+,18-,19+. The monoisotopic (exact) mass is 275 g/mol. The van der Waals surface area contributed by atoms with Crippen LogP contribution in [0, 0.1) is 23.7 Å². The maximum absolute atomic E-state index is 3.07. The molecule has 0 aromatic rings. The molecule has 0 spiro atoms. The highest BCUT2D eigenvalue weighted by Gasteiger charge is 2.44. The van der Waals surface area contributed by atoms with Crippen LogP contribution in [0.3, 0.4) is 0 Å². The smallest absolute Gasteiger partial charge is 0.0106 e. The molecule has 0 amide bonds. The Bertz CT molecular complexity index is 320. The second kappa shape index (κ2) is 5.30. The summed E-state index contributed by atoms with van der Waals surface area (Å²) in [4.78, 5) is 3.07. The molecule has 2 aliphatic carbocycles. The molecule has 2 aliphatic heterocycles. The Balaban J connectivity index is 1.50. The molecule has 114 valence electrons. The lowest BCUT2D eigenvalue weighted by Crippen LogP contribution is -2.58. The van der Waals surface area contributed by atoms with Crippen molar-refractivity contribution in [2.75, 3.05) is 0 Å². The summed E-state index contributed by atoms with van der Waals surface area (Å²) >= 11 is 0. The quantitative estimate of drug-likeness (QED) is 0.661. The lowest BCUT2D eigenvalue weighted by molar-refractivity contribution is -0.0524. The van der Waals surface area contributed by atoms with E-state index in [1.54, 1.807) is 19.3 Å². The first kappa shape index (κ1) is 13.6. The molecule has 0 unspecified atom stereocenters. The van der Waals surface area contributed by atoms with Crippen LogP contribution in [-0.2, 0) is 0 Å². The average molecular weight is 275 g/mol. The van der Waals surface area contributed by atoms with Gasteiger partial charge in [0.2, 0.25) is 0 Å². The van der Waals surface area contributed by atoms with E-state index in [1.807, 2.05) is 0 Å². The maximum atomic E-state index is 3.07. The zero-order valence-corrected chi connectivity index (χ0v) is 13.6. The molecule has 0 N–H and O–H groups in total. The van der Waals surface area contributed by atoms with Gasteiger partial charge in [0.15, 0.2) is 0 Å². The molecule has 4 rings (SSSR count). The van der Waals surface area contributed by atoms with E-state index in [9.17, 15) is 0 Å². The number of nitrogens with zero attached hydrogens (tertiary/aromatic N) is 1. The van der Waals surface area contributed by atoms with Crippen LogP contribution in [0.4, 0.5) is 0 Å². The van der Waals surface area contributed by atoms with Gasteiger partial charge in [0.25, 0.3) is 0 Å². The predicted octanol–water partition coefficient (Wildman–Crippen LogP) is 4.85. The van der Waals surface area contributed by atoms with E-state index in [0.717, 1.165) is 41.8 Å². The van der Waals surface area contributed by atoms with Crippen molar-refractivity contribution in [1.82, 2.24) is 4.90 Å². The van der Waals surface area contributed by atoms with Crippen LogP contribution in [0.15, 0.2) is 0 Å². The molecule has 4 fully saturated rings. The van der Waals surface area contributed by atoms with Gasteiger partial charge in [0, 0.05) is 18.1 Å². The van der Waals surface area contributed by atoms with E-state index in [4.69, 9.17) is 0 Å². The third-order valence-electron chi connectivity index (χ3n) is 7.04. The molecule has 4 aliphatic rings. The molecule has 0 aromatic heterocycles. The van der Waals surface area contributed by atoms with Crippen LogP contribution in [-0.4, -0.2) is 23.0 Å². The SMILES string of the molecule is C[C@@H]1C[C@@H]2C[C@H](C1)C[C@@H](N1[C@@H]3CCC[C@H]1C[C@@H](C)C3)C2. The van der Waals surface area contributed by atoms with E-state index in [-0.39, 0.29) is 0 Å². The van der Waals surface area contributed by atoms with Gasteiger partial charge in [-0.05, 0) is 81.5 Å². The lowest BCUT2D eigenvalue weighted by Gasteiger charge is -2.55. The summed E-state index contributed by atoms with van der Waals surface area (Å²) in [7, 11) is 0. The predicted molar refractivity (Wildman–Crippen MR) is 84.7 cm³/mol. The summed E-state index contributed by atoms with van der Waals surface area (Å²) in [5.41, 5.74) is 0. The second-order valence-electron chi connectivity index (χ2n) is 8.93. The first-order valence-corrected chi connectivity index (χ1v) is 9.46. The van der Waals surface area contributed by atoms with E-state index in [1.165, 1.54) is 44.9 Å². The van der Waals surface area contributed by atoms with Crippen molar-refractivity contribution in [3.8, 4) is 0 Å². The van der Waals surface area contributed by atoms with Gasteiger partial charge >= 0.3 is 0 Å². The first-order chi connectivity index (χ1) is 9.69. The molecule has 0 radical (unpaired) electrons. The molecule has 4 bridgehead atoms. The van der Waals surface area contributed by atoms with Crippen LogP contribution in [0.2, 0.25) is 0 Å². The maximum Gasteiger partial charge on any atom is 0.0106 e. The van der Waals surface area contributed by atoms with Crippen molar-refractivity contribution in [1.29, 1.82) is 0 Å². The summed E-state index contributed by atoms with van der Waals surface area (Å²) in [6, 6.07) is 2.88. The Hall–Kier alpha value is -0.0400. The Morgan fingerprint density at radius 2 is 1.15 bits per heavy atom. The Morgan fingerprint density at radius 3 is 1.75 bits per heavy atom. The molecule has 7 atom stereocenters. The van der Waals surface area contributed by atoms with Crippen LogP contribution in [0.1, 0.15) is 78.1 Å². The molecule has 2 saturated heterocycles. The van der Waals surface area contributed by atoms with Crippen molar-refractivity contribution < 1.29 is 0 Å². The van der Waals surface area contributed by atoms with Crippen LogP contribution in [0.25, 0.3) is 0 Å². The van der Waals surface area contributed by atoms with E-state index >= 15 is 0 Å². The second-order valence-corrected chi connectivity index (χ2v) is 8.93. The lowest BCUT2D eigenvalue weighted by atomic mass is 9.65. The summed E-state index contributed by atoms with van der Waals surface area (Å²) in [6.07, 6.45) is 15.2. The summed E-state index contributed by atoms with van der Waals surface area (Å²) in [5.74, 6) is 4.15. The fourth-order valence-corrected chi connectivity index (χ4v) is 6.68. The van der Waals surface area contributed by atoms with Crippen molar-refractivity contribution in [3.63, 3.8) is 0 Å². The van der Waals surface area contributed by atoms with Gasteiger partial charge in [-0.1, -0.05) is 20.3 Å². The average Bonchev–Trinajstić information content (AvgIpc) is 2.35. The Morgan fingerprint density at radius 1 is 0.600 bits per heavy atom. The van der Waals surface area contributed by atoms with Gasteiger partial charge in [-0.2, -0.15) is 0 Å². The Kier molecular flexibility index (Phi) is 3.61. The fourth-order valence-electron chi connectivity index (χ4n) is 6.68. The van der Waals surface area contributed by atoms with Gasteiger partial charge < -0.3 is 0 Å². The van der Waals surface area contributed by atoms with Gasteiger partial charge in [0.1, 0.15) is 0 Å². The first-order valence-electron chi connectivity index (χ1n) is 9.46. The number of hydrogen-bond acceptors (Lipinski definition) is 1. The van der Waals surface area contributed by atoms with E-state index in [0.29, 0.717) is 0 Å². The fraction of sp³-hybridized carbons (Fsp3) is 1.00. The third kappa shape index (κ3) is 2.45. The molecule has 20 heavy (non-hydrogen) atoms. The molecular formula is C19H33N. The number of rotatable bonds is 1. The molecule has 2 heterocycles. The minimum Gasteiger partial charge on any atom is -0.294 e. The largest absolute Gasteiger partial charge is 0.294 e. The van der Waals surface area contributed by atoms with Crippen molar-refractivity contribution >= 4 is 0 Å². The highest BCUT2D eigenvalue weighted by molar-refractivity contribution is 4.98. The van der Waals surface area contributed by atoms with Gasteiger partial charge in [-0.3, -0.25) is 4.90 Å². The van der Waals surface area contributed by atoms with Crippen LogP contribution in [0.5, 0.6) is 0 Å². The van der Waals surface area contributed by atoms with E-state index in [2.05, 4.69) is 18.7 Å². The Labute approximate surface area is 125 Å². The zero-order valence-electron chi connectivity index (χ0n) is 13.6. The molecule has 0 aromatic carbocycles. The van der Waals surface area contributed by atoms with Crippen LogP contribution >= 0.6 is 0 Å². The van der Waals surface area contributed by atoms with Gasteiger partial charge in [-0.15, -0.1) is 0 Å². The van der Waals surface area contributed by atoms with Gasteiger partial charge in [-0.25, -0.2) is 0 Å². The van der Waals surface area contributed by atoms with E-state index < -0.39 is 0 Å². The number of fused-ring (bicyclic) bond motifs is 4. The third-order valence-corrected chi connectivity index (χ3v) is 7.04.